The van der Waals surface area contributed by atoms with Crippen molar-refractivity contribution in [2.75, 3.05) is 11.9 Å². The topological polar surface area (TPSA) is 23.6 Å². The average molecular weight is 355 g/mol. The third kappa shape index (κ3) is 3.35. The van der Waals surface area contributed by atoms with E-state index in [4.69, 9.17) is 0 Å². The summed E-state index contributed by atoms with van der Waals surface area (Å²) in [5.41, 5.74) is 2.82. The zero-order valence-corrected chi connectivity index (χ0v) is 15.2. The number of nitrogens with zero attached hydrogens (tertiary/aromatic N) is 2. The molecular weight excluding hydrogens is 332 g/mol. The first-order valence-electron chi connectivity index (χ1n) is 8.61. The lowest BCUT2D eigenvalue weighted by molar-refractivity contribution is 0.0991. The van der Waals surface area contributed by atoms with Crippen LogP contribution in [0, 0.1) is 0 Å². The smallest absolute Gasteiger partial charge is 0.262 e. The Morgan fingerprint density at radius 3 is 2.28 bits per heavy atom. The van der Waals surface area contributed by atoms with Crippen LogP contribution < -0.4 is 4.90 Å². The number of para-hydroxylation sites is 1. The number of carbonyl (C=O) groups excluding carboxylic acids is 1. The molecule has 2 aliphatic rings. The van der Waals surface area contributed by atoms with Crippen molar-refractivity contribution in [3.8, 4) is 0 Å². The van der Waals surface area contributed by atoms with E-state index in [-0.39, 0.29) is 18.3 Å². The number of carbonyl (C=O) groups is 1. The fraction of sp³-hybridized carbons (Fsp3) is 0.286. The first-order chi connectivity index (χ1) is 11.7. The highest BCUT2D eigenvalue weighted by Crippen LogP contribution is 2.36. The maximum Gasteiger partial charge on any atom is 0.262 e. The lowest BCUT2D eigenvalue weighted by Gasteiger charge is -2.35. The van der Waals surface area contributed by atoms with Crippen LogP contribution in [-0.2, 0) is 0 Å². The summed E-state index contributed by atoms with van der Waals surface area (Å²) in [6.45, 7) is 0. The van der Waals surface area contributed by atoms with Gasteiger partial charge in [0.2, 0.25) is 0 Å². The van der Waals surface area contributed by atoms with Crippen molar-refractivity contribution in [3.05, 3.63) is 78.0 Å². The third-order valence-corrected chi connectivity index (χ3v) is 5.25. The number of amides is 1. The largest absolute Gasteiger partial charge is 0.297 e. The quantitative estimate of drug-likeness (QED) is 0.809. The van der Waals surface area contributed by atoms with Gasteiger partial charge in [0, 0.05) is 35.5 Å². The molecule has 0 spiro atoms. The van der Waals surface area contributed by atoms with Gasteiger partial charge in [-0.2, -0.15) is 0 Å². The Bertz CT molecular complexity index is 760. The lowest BCUT2D eigenvalue weighted by Crippen LogP contribution is -2.40. The molecule has 2 atom stereocenters. The highest BCUT2D eigenvalue weighted by molar-refractivity contribution is 6.08. The van der Waals surface area contributed by atoms with Gasteiger partial charge in [-0.15, -0.1) is 12.4 Å². The van der Waals surface area contributed by atoms with E-state index in [0.29, 0.717) is 12.1 Å². The molecule has 0 saturated carbocycles. The van der Waals surface area contributed by atoms with Crippen molar-refractivity contribution in [2.24, 2.45) is 0 Å². The van der Waals surface area contributed by atoms with Crippen molar-refractivity contribution >= 4 is 24.0 Å². The van der Waals surface area contributed by atoms with Crippen molar-refractivity contribution in [1.29, 1.82) is 0 Å². The lowest BCUT2D eigenvalue weighted by atomic mass is 10.0. The van der Waals surface area contributed by atoms with Crippen LogP contribution in [0.25, 0.3) is 0 Å². The molecule has 2 aromatic rings. The normalized spacial score (nSPS) is 22.0. The van der Waals surface area contributed by atoms with Gasteiger partial charge in [0.15, 0.2) is 0 Å². The van der Waals surface area contributed by atoms with Crippen LogP contribution in [-0.4, -0.2) is 29.9 Å². The number of halogens is 1. The average Bonchev–Trinajstić information content (AvgIpc) is 2.85. The molecule has 0 N–H and O–H groups in total. The first-order valence-corrected chi connectivity index (χ1v) is 8.61. The number of fused-ring (bicyclic) bond motifs is 2. The third-order valence-electron chi connectivity index (χ3n) is 5.25. The summed E-state index contributed by atoms with van der Waals surface area (Å²) in [6, 6.07) is 20.6. The van der Waals surface area contributed by atoms with E-state index in [9.17, 15) is 4.79 Å². The monoisotopic (exact) mass is 354 g/mol. The molecular formula is C21H23ClN2O. The van der Waals surface area contributed by atoms with Crippen LogP contribution in [0.3, 0.4) is 0 Å². The molecule has 2 unspecified atom stereocenters. The highest BCUT2D eigenvalue weighted by atomic mass is 35.5. The van der Waals surface area contributed by atoms with E-state index >= 15 is 0 Å². The standard InChI is InChI=1S/C21H22N2O.ClH/c1-22-18-12-13-19(22)15-20(14-18)23(17-10-6-3-7-11-17)21(24)16-8-4-2-5-9-16;/h2-11,14,18-19H,12-13,15H2,1H3;1H. The van der Waals surface area contributed by atoms with Gasteiger partial charge in [0.25, 0.3) is 5.91 Å². The van der Waals surface area contributed by atoms with Crippen LogP contribution in [0.4, 0.5) is 5.69 Å². The van der Waals surface area contributed by atoms with E-state index in [1.165, 1.54) is 12.8 Å². The maximum absolute atomic E-state index is 13.2. The van der Waals surface area contributed by atoms with Gasteiger partial charge in [-0.3, -0.25) is 14.6 Å². The summed E-state index contributed by atoms with van der Waals surface area (Å²) in [5, 5.41) is 0. The minimum atomic E-state index is 0. The Morgan fingerprint density at radius 1 is 1.00 bits per heavy atom. The van der Waals surface area contributed by atoms with Gasteiger partial charge in [-0.05, 0) is 50.2 Å². The summed E-state index contributed by atoms with van der Waals surface area (Å²) in [4.78, 5) is 17.6. The minimum absolute atomic E-state index is 0. The number of anilines is 1. The molecule has 1 amide bonds. The summed E-state index contributed by atoms with van der Waals surface area (Å²) in [5.74, 6) is 0.0528. The van der Waals surface area contributed by atoms with Gasteiger partial charge in [-0.1, -0.05) is 36.4 Å². The summed E-state index contributed by atoms with van der Waals surface area (Å²) in [6.07, 6.45) is 5.62. The van der Waals surface area contributed by atoms with Crippen LogP contribution >= 0.6 is 12.4 Å². The molecule has 3 nitrogen and oxygen atoms in total. The number of hydrogen-bond acceptors (Lipinski definition) is 2. The minimum Gasteiger partial charge on any atom is -0.297 e. The molecule has 0 aromatic heterocycles. The molecule has 2 aromatic carbocycles. The van der Waals surface area contributed by atoms with Crippen LogP contribution in [0.15, 0.2) is 72.4 Å². The van der Waals surface area contributed by atoms with Crippen molar-refractivity contribution in [3.63, 3.8) is 0 Å². The molecule has 1 fully saturated rings. The molecule has 2 bridgehead atoms. The second-order valence-corrected chi connectivity index (χ2v) is 6.67. The SMILES string of the molecule is CN1C2C=C(N(C(=O)c3ccccc3)c3ccccc3)CC1CC2.Cl. The van der Waals surface area contributed by atoms with E-state index in [1.807, 2.05) is 65.6 Å². The molecule has 2 aliphatic heterocycles. The van der Waals surface area contributed by atoms with Crippen LogP contribution in [0.5, 0.6) is 0 Å². The molecule has 4 rings (SSSR count). The molecule has 4 heteroatoms. The Morgan fingerprint density at radius 2 is 1.64 bits per heavy atom. The van der Waals surface area contributed by atoms with Gasteiger partial charge in [-0.25, -0.2) is 0 Å². The highest BCUT2D eigenvalue weighted by Gasteiger charge is 2.36. The Balaban J connectivity index is 0.00000182. The molecule has 130 valence electrons. The molecule has 0 aliphatic carbocycles. The second-order valence-electron chi connectivity index (χ2n) is 6.67. The fourth-order valence-corrected chi connectivity index (χ4v) is 3.89. The number of likely N-dealkylation sites (N-methyl/N-ethyl adjacent to an activating group) is 1. The van der Waals surface area contributed by atoms with Gasteiger partial charge < -0.3 is 0 Å². The predicted octanol–water partition coefficient (Wildman–Crippen LogP) is 4.51. The predicted molar refractivity (Wildman–Crippen MR) is 104 cm³/mol. The first kappa shape index (κ1) is 17.7. The van der Waals surface area contributed by atoms with Crippen LogP contribution in [0.1, 0.15) is 29.6 Å². The van der Waals surface area contributed by atoms with E-state index in [2.05, 4.69) is 18.0 Å². The zero-order valence-electron chi connectivity index (χ0n) is 14.3. The van der Waals surface area contributed by atoms with Crippen molar-refractivity contribution in [1.82, 2.24) is 4.90 Å². The van der Waals surface area contributed by atoms with Crippen LogP contribution in [0.2, 0.25) is 0 Å². The van der Waals surface area contributed by atoms with Gasteiger partial charge in [0.05, 0.1) is 0 Å². The van der Waals surface area contributed by atoms with E-state index in [0.717, 1.165) is 23.4 Å². The van der Waals surface area contributed by atoms with Gasteiger partial charge in [0.1, 0.15) is 0 Å². The second kappa shape index (κ2) is 7.42. The van der Waals surface area contributed by atoms with Gasteiger partial charge >= 0.3 is 0 Å². The number of rotatable bonds is 3. The molecule has 1 saturated heterocycles. The fourth-order valence-electron chi connectivity index (χ4n) is 3.89. The van der Waals surface area contributed by atoms with Crippen molar-refractivity contribution in [2.45, 2.75) is 31.3 Å². The number of benzene rings is 2. The zero-order chi connectivity index (χ0) is 16.5. The molecule has 2 heterocycles. The maximum atomic E-state index is 13.2. The Kier molecular flexibility index (Phi) is 5.26. The summed E-state index contributed by atoms with van der Waals surface area (Å²) >= 11 is 0. The molecule has 25 heavy (non-hydrogen) atoms. The summed E-state index contributed by atoms with van der Waals surface area (Å²) in [7, 11) is 2.20. The van der Waals surface area contributed by atoms with E-state index in [1.54, 1.807) is 0 Å². The Hall–Kier alpha value is -2.10. The van der Waals surface area contributed by atoms with E-state index < -0.39 is 0 Å². The van der Waals surface area contributed by atoms with Crippen molar-refractivity contribution < 1.29 is 4.79 Å². The summed E-state index contributed by atoms with van der Waals surface area (Å²) < 4.78 is 0. The Labute approximate surface area is 155 Å². The molecule has 0 radical (unpaired) electrons. The number of hydrogen-bond donors (Lipinski definition) is 0.